The van der Waals surface area contributed by atoms with Gasteiger partial charge in [0.2, 0.25) is 5.91 Å². The molecule has 162 valence electrons. The Labute approximate surface area is 194 Å². The van der Waals surface area contributed by atoms with Crippen LogP contribution >= 0.6 is 23.2 Å². The zero-order valence-electron chi connectivity index (χ0n) is 16.8. The molecule has 0 saturated heterocycles. The molecule has 0 fully saturated rings. The van der Waals surface area contributed by atoms with E-state index in [1.165, 1.54) is 42.5 Å². The third-order valence-electron chi connectivity index (χ3n) is 4.60. The molecule has 8 heteroatoms. The van der Waals surface area contributed by atoms with Gasteiger partial charge in [0.15, 0.2) is 5.78 Å². The summed E-state index contributed by atoms with van der Waals surface area (Å²) in [5.74, 6) is -0.788. The number of non-ortho nitro benzene ring substituents is 1. The second-order valence-corrected chi connectivity index (χ2v) is 7.73. The fourth-order valence-electron chi connectivity index (χ4n) is 2.96. The molecule has 0 heterocycles. The van der Waals surface area contributed by atoms with Crippen molar-refractivity contribution in [3.63, 3.8) is 0 Å². The Morgan fingerprint density at radius 1 is 0.938 bits per heavy atom. The van der Waals surface area contributed by atoms with E-state index in [1.54, 1.807) is 6.07 Å². The van der Waals surface area contributed by atoms with Crippen molar-refractivity contribution in [2.45, 2.75) is 13.0 Å². The van der Waals surface area contributed by atoms with E-state index in [9.17, 15) is 19.7 Å². The van der Waals surface area contributed by atoms with Gasteiger partial charge in [-0.1, -0.05) is 65.7 Å². The molecule has 0 aliphatic carbocycles. The highest BCUT2D eigenvalue weighted by molar-refractivity contribution is 6.42. The fourth-order valence-corrected chi connectivity index (χ4v) is 3.26. The molecule has 1 amide bonds. The largest absolute Gasteiger partial charge is 0.348 e. The summed E-state index contributed by atoms with van der Waals surface area (Å²) >= 11 is 11.9. The fraction of sp³-hybridized carbons (Fsp3) is 0.0833. The van der Waals surface area contributed by atoms with Crippen molar-refractivity contribution >= 4 is 46.7 Å². The molecule has 0 radical (unpaired) electrons. The standard InChI is InChI=1S/C24H18Cl2N2O4/c25-21-10-9-18(13-22(21)26)23(29)14-19(11-17-7-4-8-20(12-17)28(31)32)24(30)27-15-16-5-2-1-3-6-16/h1-13H,14-15H2,(H,27,30)/b19-11+. The van der Waals surface area contributed by atoms with Gasteiger partial charge in [0.1, 0.15) is 0 Å². The van der Waals surface area contributed by atoms with Crippen LogP contribution in [0, 0.1) is 10.1 Å². The summed E-state index contributed by atoms with van der Waals surface area (Å²) in [6, 6.07) is 19.6. The summed E-state index contributed by atoms with van der Waals surface area (Å²) in [5, 5.41) is 14.4. The number of nitrogens with one attached hydrogen (secondary N) is 1. The summed E-state index contributed by atoms with van der Waals surface area (Å²) < 4.78 is 0. The van der Waals surface area contributed by atoms with Gasteiger partial charge in [0.25, 0.3) is 5.69 Å². The first-order valence-electron chi connectivity index (χ1n) is 9.59. The summed E-state index contributed by atoms with van der Waals surface area (Å²) in [4.78, 5) is 36.3. The molecule has 3 aromatic rings. The number of hydrogen-bond acceptors (Lipinski definition) is 4. The second kappa shape index (κ2) is 10.7. The van der Waals surface area contributed by atoms with Crippen molar-refractivity contribution < 1.29 is 14.5 Å². The number of nitro groups is 1. The Kier molecular flexibility index (Phi) is 7.76. The highest BCUT2D eigenvalue weighted by Crippen LogP contribution is 2.24. The minimum atomic E-state index is -0.520. The van der Waals surface area contributed by atoms with E-state index in [2.05, 4.69) is 5.32 Å². The van der Waals surface area contributed by atoms with Gasteiger partial charge in [-0.05, 0) is 35.4 Å². The molecule has 0 spiro atoms. The van der Waals surface area contributed by atoms with Crippen LogP contribution in [0.4, 0.5) is 5.69 Å². The maximum absolute atomic E-state index is 12.9. The van der Waals surface area contributed by atoms with Crippen LogP contribution < -0.4 is 5.32 Å². The number of rotatable bonds is 8. The van der Waals surface area contributed by atoms with E-state index in [-0.39, 0.29) is 35.0 Å². The summed E-state index contributed by atoms with van der Waals surface area (Å²) in [5.41, 5.74) is 1.69. The summed E-state index contributed by atoms with van der Waals surface area (Å²) in [6.07, 6.45) is 1.25. The van der Waals surface area contributed by atoms with Gasteiger partial charge in [0.05, 0.1) is 15.0 Å². The molecule has 0 atom stereocenters. The number of hydrogen-bond donors (Lipinski definition) is 1. The Hall–Kier alpha value is -3.48. The van der Waals surface area contributed by atoms with Gasteiger partial charge >= 0.3 is 0 Å². The van der Waals surface area contributed by atoms with Crippen molar-refractivity contribution in [3.8, 4) is 0 Å². The molecule has 0 aliphatic rings. The molecule has 3 aromatic carbocycles. The molecule has 32 heavy (non-hydrogen) atoms. The van der Waals surface area contributed by atoms with Crippen LogP contribution in [-0.2, 0) is 11.3 Å². The minimum Gasteiger partial charge on any atom is -0.348 e. The normalized spacial score (nSPS) is 11.1. The van der Waals surface area contributed by atoms with E-state index in [0.717, 1.165) is 5.56 Å². The number of Topliss-reactive ketones (excluding diaryl/α,β-unsaturated/α-hetero) is 1. The van der Waals surface area contributed by atoms with Gasteiger partial charge < -0.3 is 5.32 Å². The number of nitro benzene ring substituents is 1. The highest BCUT2D eigenvalue weighted by Gasteiger charge is 2.17. The first kappa shape index (κ1) is 23.2. The lowest BCUT2D eigenvalue weighted by Gasteiger charge is -2.10. The smallest absolute Gasteiger partial charge is 0.270 e. The van der Waals surface area contributed by atoms with Crippen molar-refractivity contribution in [2.24, 2.45) is 0 Å². The van der Waals surface area contributed by atoms with Crippen molar-refractivity contribution in [1.82, 2.24) is 5.32 Å². The van der Waals surface area contributed by atoms with Crippen LogP contribution in [-0.4, -0.2) is 16.6 Å². The number of carbonyl (C=O) groups is 2. The molecular weight excluding hydrogens is 451 g/mol. The maximum atomic E-state index is 12.9. The predicted octanol–water partition coefficient (Wildman–Crippen LogP) is 5.87. The molecule has 0 bridgehead atoms. The Bertz CT molecular complexity index is 1190. The van der Waals surface area contributed by atoms with Crippen LogP contribution in [0.1, 0.15) is 27.9 Å². The quantitative estimate of drug-likeness (QED) is 0.193. The van der Waals surface area contributed by atoms with Gasteiger partial charge in [-0.15, -0.1) is 0 Å². The lowest BCUT2D eigenvalue weighted by Crippen LogP contribution is -2.25. The number of halogens is 2. The molecular formula is C24H18Cl2N2O4. The van der Waals surface area contributed by atoms with Crippen LogP contribution in [0.2, 0.25) is 10.0 Å². The highest BCUT2D eigenvalue weighted by atomic mass is 35.5. The SMILES string of the molecule is O=C(NCc1ccccc1)/C(=C/c1cccc([N+](=O)[O-])c1)CC(=O)c1ccc(Cl)c(Cl)c1. The minimum absolute atomic E-state index is 0.112. The number of carbonyl (C=O) groups excluding carboxylic acids is 2. The van der Waals surface area contributed by atoms with Crippen LogP contribution in [0.5, 0.6) is 0 Å². The van der Waals surface area contributed by atoms with Gasteiger partial charge in [-0.2, -0.15) is 0 Å². The second-order valence-electron chi connectivity index (χ2n) is 6.92. The van der Waals surface area contributed by atoms with E-state index in [0.29, 0.717) is 16.1 Å². The average Bonchev–Trinajstić information content (AvgIpc) is 2.79. The number of nitrogens with zero attached hydrogens (tertiary/aromatic N) is 1. The Balaban J connectivity index is 1.88. The zero-order valence-corrected chi connectivity index (χ0v) is 18.3. The van der Waals surface area contributed by atoms with Crippen molar-refractivity contribution in [1.29, 1.82) is 0 Å². The first-order valence-corrected chi connectivity index (χ1v) is 10.3. The molecule has 3 rings (SSSR count). The molecule has 6 nitrogen and oxygen atoms in total. The van der Waals surface area contributed by atoms with Gasteiger partial charge in [0, 0.05) is 36.2 Å². The van der Waals surface area contributed by atoms with Crippen LogP contribution in [0.3, 0.4) is 0 Å². The first-order chi connectivity index (χ1) is 15.3. The van der Waals surface area contributed by atoms with Crippen molar-refractivity contribution in [2.75, 3.05) is 0 Å². The van der Waals surface area contributed by atoms with E-state index in [1.807, 2.05) is 30.3 Å². The van der Waals surface area contributed by atoms with E-state index >= 15 is 0 Å². The van der Waals surface area contributed by atoms with Crippen LogP contribution in [0.15, 0.2) is 78.4 Å². The lowest BCUT2D eigenvalue weighted by molar-refractivity contribution is -0.384. The number of amides is 1. The zero-order chi connectivity index (χ0) is 23.1. The predicted molar refractivity (Wildman–Crippen MR) is 125 cm³/mol. The Morgan fingerprint density at radius 2 is 1.69 bits per heavy atom. The van der Waals surface area contributed by atoms with E-state index in [4.69, 9.17) is 23.2 Å². The average molecular weight is 469 g/mol. The molecule has 0 aromatic heterocycles. The number of benzene rings is 3. The molecule has 0 unspecified atom stereocenters. The Morgan fingerprint density at radius 3 is 2.38 bits per heavy atom. The summed E-state index contributed by atoms with van der Waals surface area (Å²) in [7, 11) is 0. The summed E-state index contributed by atoms with van der Waals surface area (Å²) in [6.45, 7) is 0.271. The van der Waals surface area contributed by atoms with Crippen LogP contribution in [0.25, 0.3) is 6.08 Å². The topological polar surface area (TPSA) is 89.3 Å². The monoisotopic (exact) mass is 468 g/mol. The molecule has 0 aliphatic heterocycles. The number of ketones is 1. The third-order valence-corrected chi connectivity index (χ3v) is 5.34. The lowest BCUT2D eigenvalue weighted by atomic mass is 10.00. The molecule has 0 saturated carbocycles. The maximum Gasteiger partial charge on any atom is 0.270 e. The van der Waals surface area contributed by atoms with Gasteiger partial charge in [-0.3, -0.25) is 19.7 Å². The van der Waals surface area contributed by atoms with Crippen molar-refractivity contribution in [3.05, 3.63) is 115 Å². The van der Waals surface area contributed by atoms with Gasteiger partial charge in [-0.25, -0.2) is 0 Å². The van der Waals surface area contributed by atoms with E-state index < -0.39 is 10.8 Å². The third kappa shape index (κ3) is 6.26. The molecule has 1 N–H and O–H groups in total.